The van der Waals surface area contributed by atoms with Gasteiger partial charge in [-0.2, -0.15) is 0 Å². The molecule has 0 bridgehead atoms. The third kappa shape index (κ3) is 6.45. The summed E-state index contributed by atoms with van der Waals surface area (Å²) in [6.07, 6.45) is 7.15. The quantitative estimate of drug-likeness (QED) is 0.354. The molecule has 186 valence electrons. The zero-order valence-corrected chi connectivity index (χ0v) is 21.6. The molecule has 0 amide bonds. The van der Waals surface area contributed by atoms with Gasteiger partial charge in [0.05, 0.1) is 18.2 Å². The number of aliphatic hydroxyl groups is 1. The zero-order valence-electron chi connectivity index (χ0n) is 20.9. The molecule has 0 radical (unpaired) electrons. The van der Waals surface area contributed by atoms with Gasteiger partial charge in [0.2, 0.25) is 0 Å². The highest BCUT2D eigenvalue weighted by Crippen LogP contribution is 2.35. The van der Waals surface area contributed by atoms with E-state index in [-0.39, 0.29) is 6.04 Å². The molecule has 4 rings (SSSR count). The number of benzene rings is 3. The summed E-state index contributed by atoms with van der Waals surface area (Å²) in [6.45, 7) is 7.15. The molecule has 1 heterocycles. The molecule has 2 atom stereocenters. The van der Waals surface area contributed by atoms with E-state index in [4.69, 9.17) is 16.3 Å². The fourth-order valence-corrected chi connectivity index (χ4v) is 5.30. The minimum atomic E-state index is -0.531. The summed E-state index contributed by atoms with van der Waals surface area (Å²) in [7, 11) is 1.63. The Labute approximate surface area is 214 Å². The number of methoxy groups -OCH3 is 1. The molecule has 5 heteroatoms. The number of nitrogens with zero attached hydrogens (tertiary/aromatic N) is 2. The first-order valence-corrected chi connectivity index (χ1v) is 13.1. The lowest BCUT2D eigenvalue weighted by atomic mass is 9.94. The predicted molar refractivity (Wildman–Crippen MR) is 147 cm³/mol. The van der Waals surface area contributed by atoms with Crippen LogP contribution in [0.25, 0.3) is 16.8 Å². The van der Waals surface area contributed by atoms with Gasteiger partial charge in [0.25, 0.3) is 0 Å². The lowest BCUT2D eigenvalue weighted by Gasteiger charge is -2.41. The molecule has 0 aromatic heterocycles. The summed E-state index contributed by atoms with van der Waals surface area (Å²) in [4.78, 5) is 4.98. The Morgan fingerprint density at radius 2 is 1.80 bits per heavy atom. The van der Waals surface area contributed by atoms with E-state index in [0.717, 1.165) is 68.3 Å². The first-order chi connectivity index (χ1) is 17.1. The summed E-state index contributed by atoms with van der Waals surface area (Å²) in [5.41, 5.74) is 2.19. The fourth-order valence-electron chi connectivity index (χ4n) is 4.99. The summed E-state index contributed by atoms with van der Waals surface area (Å²) < 4.78 is 5.35. The minimum absolute atomic E-state index is 0.114. The molecule has 1 aliphatic rings. The van der Waals surface area contributed by atoms with Crippen LogP contribution in [0.1, 0.15) is 43.4 Å². The molecule has 1 saturated heterocycles. The predicted octanol–water partition coefficient (Wildman–Crippen LogP) is 6.43. The van der Waals surface area contributed by atoms with Crippen molar-refractivity contribution in [1.29, 1.82) is 0 Å². The molecule has 2 unspecified atom stereocenters. The Morgan fingerprint density at radius 1 is 1.03 bits per heavy atom. The van der Waals surface area contributed by atoms with Crippen molar-refractivity contribution in [2.45, 2.75) is 38.3 Å². The topological polar surface area (TPSA) is 35.9 Å². The maximum Gasteiger partial charge on any atom is 0.138 e. The summed E-state index contributed by atoms with van der Waals surface area (Å²) in [5, 5.41) is 14.1. The molecule has 1 N–H and O–H groups in total. The average Bonchev–Trinajstić information content (AvgIpc) is 2.90. The third-order valence-electron chi connectivity index (χ3n) is 7.07. The van der Waals surface area contributed by atoms with Crippen LogP contribution in [0, 0.1) is 0 Å². The van der Waals surface area contributed by atoms with Crippen LogP contribution in [0.2, 0.25) is 5.02 Å². The molecular formula is C30H37ClN2O2. The van der Waals surface area contributed by atoms with Crippen LogP contribution in [0.15, 0.2) is 66.7 Å². The standard InChI is InChI=1S/C30H37ClN2O2/c1-3-4-12-27(30(34)25-13-15-26-24(22-25)14-16-28(35-2)29(26)31)33-20-18-32(19-21-33)17-8-11-23-9-6-5-7-10-23/h5-11,13-16,22,27,30,34H,3-4,12,17-21H2,1-2H3. The molecular weight excluding hydrogens is 456 g/mol. The highest BCUT2D eigenvalue weighted by molar-refractivity contribution is 6.37. The molecule has 3 aromatic rings. The first-order valence-electron chi connectivity index (χ1n) is 12.7. The SMILES string of the molecule is CCCCC(C(O)c1ccc2c(Cl)c(OC)ccc2c1)N1CCN(CC=Cc2ccccc2)CC1. The number of rotatable bonds is 10. The van der Waals surface area contributed by atoms with E-state index in [1.54, 1.807) is 7.11 Å². The highest BCUT2D eigenvalue weighted by atomic mass is 35.5. The molecule has 1 fully saturated rings. The van der Waals surface area contributed by atoms with Crippen molar-refractivity contribution in [2.75, 3.05) is 39.8 Å². The van der Waals surface area contributed by atoms with Gasteiger partial charge < -0.3 is 9.84 Å². The van der Waals surface area contributed by atoms with Crippen molar-refractivity contribution in [3.8, 4) is 5.75 Å². The number of ether oxygens (including phenoxy) is 1. The highest BCUT2D eigenvalue weighted by Gasteiger charge is 2.29. The van der Waals surface area contributed by atoms with Gasteiger partial charge in [0.1, 0.15) is 5.75 Å². The number of fused-ring (bicyclic) bond motifs is 1. The van der Waals surface area contributed by atoms with Gasteiger partial charge in [-0.3, -0.25) is 9.80 Å². The van der Waals surface area contributed by atoms with E-state index in [1.165, 1.54) is 5.56 Å². The van der Waals surface area contributed by atoms with E-state index >= 15 is 0 Å². The van der Waals surface area contributed by atoms with Crippen LogP contribution in [0.5, 0.6) is 5.75 Å². The number of halogens is 1. The van der Waals surface area contributed by atoms with Gasteiger partial charge in [-0.15, -0.1) is 0 Å². The van der Waals surface area contributed by atoms with Crippen molar-refractivity contribution >= 4 is 28.4 Å². The largest absolute Gasteiger partial charge is 0.495 e. The fraction of sp³-hybridized carbons (Fsp3) is 0.400. The van der Waals surface area contributed by atoms with Crippen molar-refractivity contribution in [1.82, 2.24) is 9.80 Å². The second kappa shape index (κ2) is 12.5. The van der Waals surface area contributed by atoms with E-state index in [1.807, 2.05) is 30.3 Å². The molecule has 3 aromatic carbocycles. The molecule has 35 heavy (non-hydrogen) atoms. The normalized spacial score (nSPS) is 17.1. The van der Waals surface area contributed by atoms with Gasteiger partial charge in [0.15, 0.2) is 0 Å². The number of piperazine rings is 1. The van der Waals surface area contributed by atoms with Gasteiger partial charge in [-0.25, -0.2) is 0 Å². The van der Waals surface area contributed by atoms with Gasteiger partial charge >= 0.3 is 0 Å². The van der Waals surface area contributed by atoms with Crippen molar-refractivity contribution < 1.29 is 9.84 Å². The minimum Gasteiger partial charge on any atom is -0.495 e. The van der Waals surface area contributed by atoms with Crippen LogP contribution in [0.3, 0.4) is 0 Å². The van der Waals surface area contributed by atoms with Crippen LogP contribution in [-0.2, 0) is 0 Å². The summed E-state index contributed by atoms with van der Waals surface area (Å²) >= 11 is 6.51. The Morgan fingerprint density at radius 3 is 2.51 bits per heavy atom. The van der Waals surface area contributed by atoms with Gasteiger partial charge in [0, 0.05) is 44.2 Å². The molecule has 0 aliphatic carbocycles. The third-order valence-corrected chi connectivity index (χ3v) is 7.46. The first kappa shape index (κ1) is 25.7. The smallest absolute Gasteiger partial charge is 0.138 e. The van der Waals surface area contributed by atoms with Crippen molar-refractivity contribution in [3.63, 3.8) is 0 Å². The summed E-state index contributed by atoms with van der Waals surface area (Å²) in [6, 6.07) is 20.6. The second-order valence-electron chi connectivity index (χ2n) is 9.37. The lowest BCUT2D eigenvalue weighted by molar-refractivity contribution is 0.0150. The van der Waals surface area contributed by atoms with Crippen LogP contribution in [-0.4, -0.2) is 60.8 Å². The Hall–Kier alpha value is -2.37. The molecule has 0 saturated carbocycles. The van der Waals surface area contributed by atoms with Crippen molar-refractivity contribution in [3.05, 3.63) is 82.9 Å². The molecule has 0 spiro atoms. The Kier molecular flexibility index (Phi) is 9.22. The van der Waals surface area contributed by atoms with Gasteiger partial charge in [-0.05, 0) is 35.1 Å². The number of hydrogen-bond acceptors (Lipinski definition) is 4. The molecule has 4 nitrogen and oxygen atoms in total. The second-order valence-corrected chi connectivity index (χ2v) is 9.74. The summed E-state index contributed by atoms with van der Waals surface area (Å²) in [5.74, 6) is 0.671. The van der Waals surface area contributed by atoms with E-state index in [0.29, 0.717) is 10.8 Å². The van der Waals surface area contributed by atoms with E-state index < -0.39 is 6.10 Å². The molecule has 1 aliphatic heterocycles. The van der Waals surface area contributed by atoms with Crippen LogP contribution >= 0.6 is 11.6 Å². The van der Waals surface area contributed by atoms with Gasteiger partial charge in [-0.1, -0.05) is 92.0 Å². The number of aliphatic hydroxyl groups excluding tert-OH is 1. The van der Waals surface area contributed by atoms with E-state index in [2.05, 4.69) is 59.2 Å². The van der Waals surface area contributed by atoms with E-state index in [9.17, 15) is 5.11 Å². The number of unbranched alkanes of at least 4 members (excludes halogenated alkanes) is 1. The Balaban J connectivity index is 1.42. The van der Waals surface area contributed by atoms with Crippen molar-refractivity contribution in [2.24, 2.45) is 0 Å². The Bertz CT molecular complexity index is 1110. The average molecular weight is 493 g/mol. The maximum atomic E-state index is 11.5. The van der Waals surface area contributed by atoms with Crippen LogP contribution in [0.4, 0.5) is 0 Å². The zero-order chi connectivity index (χ0) is 24.6. The monoisotopic (exact) mass is 492 g/mol. The van der Waals surface area contributed by atoms with Crippen LogP contribution < -0.4 is 4.74 Å². The lowest BCUT2D eigenvalue weighted by Crippen LogP contribution is -2.51. The number of hydrogen-bond donors (Lipinski definition) is 1. The maximum absolute atomic E-state index is 11.5.